The zero-order chi connectivity index (χ0) is 17.2. The molecule has 0 bridgehead atoms. The summed E-state index contributed by atoms with van der Waals surface area (Å²) < 4.78 is 7.78. The minimum absolute atomic E-state index is 0.168. The van der Waals surface area contributed by atoms with Crippen molar-refractivity contribution in [3.63, 3.8) is 0 Å². The lowest BCUT2D eigenvalue weighted by Gasteiger charge is -2.40. The average molecular weight is 341 g/mol. The van der Waals surface area contributed by atoms with Gasteiger partial charge in [0.15, 0.2) is 0 Å². The molecule has 0 spiro atoms. The highest BCUT2D eigenvalue weighted by molar-refractivity contribution is 5.40. The topological polar surface area (TPSA) is 50.5 Å². The maximum atomic E-state index is 10.3. The van der Waals surface area contributed by atoms with Crippen LogP contribution in [-0.2, 0) is 11.3 Å². The fourth-order valence-electron chi connectivity index (χ4n) is 4.31. The molecule has 1 saturated carbocycles. The van der Waals surface area contributed by atoms with Gasteiger partial charge >= 0.3 is 0 Å². The summed E-state index contributed by atoms with van der Waals surface area (Å²) in [4.78, 5) is 6.64. The summed E-state index contributed by atoms with van der Waals surface area (Å²) >= 11 is 0. The summed E-state index contributed by atoms with van der Waals surface area (Å²) in [5, 5.41) is 10.3. The fraction of sp³-hybridized carbons (Fsp3) is 0.550. The highest BCUT2D eigenvalue weighted by Crippen LogP contribution is 2.33. The molecule has 1 aliphatic carbocycles. The van der Waals surface area contributed by atoms with E-state index < -0.39 is 0 Å². The lowest BCUT2D eigenvalue weighted by Crippen LogP contribution is -2.50. The first-order valence-corrected chi connectivity index (χ1v) is 9.30. The van der Waals surface area contributed by atoms with Gasteiger partial charge in [-0.05, 0) is 43.0 Å². The molecular formula is C20H27N3O2. The van der Waals surface area contributed by atoms with Gasteiger partial charge in [-0.3, -0.25) is 4.90 Å². The van der Waals surface area contributed by atoms with Gasteiger partial charge in [-0.25, -0.2) is 4.98 Å². The average Bonchev–Trinajstić information content (AvgIpc) is 3.29. The number of aryl methyl sites for hydroxylation is 1. The summed E-state index contributed by atoms with van der Waals surface area (Å²) in [7, 11) is 0. The van der Waals surface area contributed by atoms with Gasteiger partial charge in [0.2, 0.25) is 0 Å². The molecule has 0 radical (unpaired) electrons. The van der Waals surface area contributed by atoms with Crippen LogP contribution in [0.1, 0.15) is 30.4 Å². The van der Waals surface area contributed by atoms with Crippen molar-refractivity contribution in [2.24, 2.45) is 5.92 Å². The van der Waals surface area contributed by atoms with E-state index in [4.69, 9.17) is 4.74 Å². The van der Waals surface area contributed by atoms with Gasteiger partial charge in [-0.2, -0.15) is 0 Å². The number of imidazole rings is 1. The second kappa shape index (κ2) is 7.28. The Morgan fingerprint density at radius 3 is 2.96 bits per heavy atom. The molecule has 2 fully saturated rings. The Kier molecular flexibility index (Phi) is 4.88. The van der Waals surface area contributed by atoms with E-state index in [-0.39, 0.29) is 6.10 Å². The molecule has 1 aliphatic heterocycles. The zero-order valence-electron chi connectivity index (χ0n) is 14.8. The molecule has 3 atom stereocenters. The van der Waals surface area contributed by atoms with Gasteiger partial charge in [-0.1, -0.05) is 12.5 Å². The van der Waals surface area contributed by atoms with Crippen molar-refractivity contribution in [1.82, 2.24) is 14.5 Å². The van der Waals surface area contributed by atoms with E-state index in [0.29, 0.717) is 12.0 Å². The van der Waals surface area contributed by atoms with Crippen LogP contribution in [0.25, 0.3) is 5.69 Å². The molecule has 1 aromatic carbocycles. The Morgan fingerprint density at radius 2 is 2.24 bits per heavy atom. The predicted molar refractivity (Wildman–Crippen MR) is 96.7 cm³/mol. The summed E-state index contributed by atoms with van der Waals surface area (Å²) in [5.41, 5.74) is 3.79. The summed E-state index contributed by atoms with van der Waals surface area (Å²) in [6, 6.07) is 6.93. The first kappa shape index (κ1) is 16.8. The molecule has 2 heterocycles. The third-order valence-corrected chi connectivity index (χ3v) is 5.81. The van der Waals surface area contributed by atoms with E-state index in [9.17, 15) is 5.11 Å². The van der Waals surface area contributed by atoms with Crippen LogP contribution in [0.4, 0.5) is 0 Å². The summed E-state index contributed by atoms with van der Waals surface area (Å²) in [6.45, 7) is 5.57. The smallest absolute Gasteiger partial charge is 0.0991 e. The van der Waals surface area contributed by atoms with E-state index in [1.165, 1.54) is 11.1 Å². The van der Waals surface area contributed by atoms with Gasteiger partial charge in [0.25, 0.3) is 0 Å². The minimum atomic E-state index is -0.168. The largest absolute Gasteiger partial charge is 0.393 e. The maximum absolute atomic E-state index is 10.3. The molecule has 1 aromatic heterocycles. The molecule has 1 saturated heterocycles. The SMILES string of the molecule is Cc1cc(-n2ccnc2)ccc1CN1CCOC[C@@H]1[C@@H]1CCC[C@@H]1O. The van der Waals surface area contributed by atoms with Crippen LogP contribution in [-0.4, -0.2) is 51.5 Å². The maximum Gasteiger partial charge on any atom is 0.0991 e. The first-order valence-electron chi connectivity index (χ1n) is 9.30. The number of ether oxygens (including phenoxy) is 1. The van der Waals surface area contributed by atoms with Gasteiger partial charge in [-0.15, -0.1) is 0 Å². The van der Waals surface area contributed by atoms with E-state index in [1.807, 2.05) is 17.1 Å². The number of rotatable bonds is 4. The number of aliphatic hydroxyl groups is 1. The van der Waals surface area contributed by atoms with Crippen LogP contribution < -0.4 is 0 Å². The van der Waals surface area contributed by atoms with Crippen LogP contribution >= 0.6 is 0 Å². The lowest BCUT2D eigenvalue weighted by atomic mass is 9.93. The molecular weight excluding hydrogens is 314 g/mol. The van der Waals surface area contributed by atoms with E-state index in [1.54, 1.807) is 6.20 Å². The number of benzene rings is 1. The Bertz CT molecular complexity index is 701. The van der Waals surface area contributed by atoms with Crippen LogP contribution in [0.5, 0.6) is 0 Å². The third kappa shape index (κ3) is 3.50. The second-order valence-corrected chi connectivity index (χ2v) is 7.36. The van der Waals surface area contributed by atoms with Crippen molar-refractivity contribution < 1.29 is 9.84 Å². The van der Waals surface area contributed by atoms with E-state index in [0.717, 1.165) is 51.3 Å². The number of aliphatic hydroxyl groups excluding tert-OH is 1. The molecule has 2 aliphatic rings. The van der Waals surface area contributed by atoms with Gasteiger partial charge in [0, 0.05) is 43.1 Å². The number of morpholine rings is 1. The van der Waals surface area contributed by atoms with Gasteiger partial charge in [0.1, 0.15) is 0 Å². The summed E-state index contributed by atoms with van der Waals surface area (Å²) in [5.74, 6) is 0.353. The second-order valence-electron chi connectivity index (χ2n) is 7.36. The molecule has 1 N–H and O–H groups in total. The minimum Gasteiger partial charge on any atom is -0.393 e. The van der Waals surface area contributed by atoms with Crippen LogP contribution in [0.15, 0.2) is 36.9 Å². The van der Waals surface area contributed by atoms with E-state index in [2.05, 4.69) is 35.0 Å². The highest BCUT2D eigenvalue weighted by atomic mass is 16.5. The number of aromatic nitrogens is 2. The predicted octanol–water partition coefficient (Wildman–Crippen LogP) is 2.54. The number of hydrogen-bond acceptors (Lipinski definition) is 4. The molecule has 134 valence electrons. The van der Waals surface area contributed by atoms with E-state index >= 15 is 0 Å². The van der Waals surface area contributed by atoms with Crippen molar-refractivity contribution in [1.29, 1.82) is 0 Å². The van der Waals surface area contributed by atoms with Gasteiger partial charge < -0.3 is 14.4 Å². The van der Waals surface area contributed by atoms with Crippen molar-refractivity contribution in [3.8, 4) is 5.69 Å². The Morgan fingerprint density at radius 1 is 1.32 bits per heavy atom. The standard InChI is InChI=1S/C20H27N3O2/c1-15-11-17(23-8-7-21-14-23)6-5-16(15)12-22-9-10-25-13-19(22)18-3-2-4-20(18)24/h5-8,11,14,18-20,24H,2-4,9-10,12-13H2,1H3/t18-,19+,20-/m0/s1. The Balaban J connectivity index is 1.51. The van der Waals surface area contributed by atoms with Crippen LogP contribution in [0.2, 0.25) is 0 Å². The highest BCUT2D eigenvalue weighted by Gasteiger charge is 2.37. The summed E-state index contributed by atoms with van der Waals surface area (Å²) in [6.07, 6.45) is 8.61. The fourth-order valence-corrected chi connectivity index (χ4v) is 4.31. The molecule has 2 aromatic rings. The molecule has 0 unspecified atom stereocenters. The number of nitrogens with zero attached hydrogens (tertiary/aromatic N) is 3. The first-order chi connectivity index (χ1) is 12.2. The monoisotopic (exact) mass is 341 g/mol. The number of hydrogen-bond donors (Lipinski definition) is 1. The van der Waals surface area contributed by atoms with Crippen molar-refractivity contribution in [2.75, 3.05) is 19.8 Å². The van der Waals surface area contributed by atoms with Crippen molar-refractivity contribution in [2.45, 2.75) is 44.9 Å². The van der Waals surface area contributed by atoms with Crippen LogP contribution in [0, 0.1) is 12.8 Å². The van der Waals surface area contributed by atoms with Crippen LogP contribution in [0.3, 0.4) is 0 Å². The molecule has 4 rings (SSSR count). The normalized spacial score (nSPS) is 27.7. The Labute approximate surface area is 149 Å². The third-order valence-electron chi connectivity index (χ3n) is 5.81. The quantitative estimate of drug-likeness (QED) is 0.928. The molecule has 5 nitrogen and oxygen atoms in total. The van der Waals surface area contributed by atoms with Crippen molar-refractivity contribution in [3.05, 3.63) is 48.0 Å². The Hall–Kier alpha value is -1.69. The zero-order valence-corrected chi connectivity index (χ0v) is 14.8. The molecule has 0 amide bonds. The molecule has 5 heteroatoms. The lowest BCUT2D eigenvalue weighted by molar-refractivity contribution is -0.0537. The van der Waals surface area contributed by atoms with Gasteiger partial charge in [0.05, 0.1) is 25.6 Å². The van der Waals surface area contributed by atoms with Crippen molar-refractivity contribution >= 4 is 0 Å². The molecule has 25 heavy (non-hydrogen) atoms.